The van der Waals surface area contributed by atoms with Crippen LogP contribution in [0.25, 0.3) is 0 Å². The second-order valence-corrected chi connectivity index (χ2v) is 7.64. The normalized spacial score (nSPS) is 14.3. The number of ketones is 2. The van der Waals surface area contributed by atoms with E-state index >= 15 is 0 Å². The van der Waals surface area contributed by atoms with E-state index in [1.165, 1.54) is 0 Å². The van der Waals surface area contributed by atoms with Gasteiger partial charge in [0.15, 0.2) is 11.6 Å². The average molecular weight is 398 g/mol. The molecule has 1 aliphatic carbocycles. The molecule has 0 saturated carbocycles. The molecule has 150 valence electrons. The maximum absolute atomic E-state index is 13.5. The van der Waals surface area contributed by atoms with Gasteiger partial charge in [0, 0.05) is 36.6 Å². The van der Waals surface area contributed by atoms with Crippen LogP contribution in [0.2, 0.25) is 0 Å². The molecular formula is C25H22N2O3. The van der Waals surface area contributed by atoms with Crippen LogP contribution in [0.4, 0.5) is 11.4 Å². The van der Waals surface area contributed by atoms with Gasteiger partial charge in [-0.15, -0.1) is 0 Å². The van der Waals surface area contributed by atoms with E-state index in [1.807, 2.05) is 49.3 Å². The average Bonchev–Trinajstić information content (AvgIpc) is 2.97. The summed E-state index contributed by atoms with van der Waals surface area (Å²) in [6.45, 7) is 0. The number of rotatable bonds is 5. The Morgan fingerprint density at radius 2 is 1.33 bits per heavy atom. The van der Waals surface area contributed by atoms with Crippen LogP contribution >= 0.6 is 0 Å². The molecular weight excluding hydrogens is 376 g/mol. The van der Waals surface area contributed by atoms with Crippen LogP contribution in [0, 0.1) is 0 Å². The van der Waals surface area contributed by atoms with Crippen molar-refractivity contribution in [1.29, 1.82) is 0 Å². The maximum atomic E-state index is 13.5. The number of fused-ring (bicyclic) bond motifs is 1. The van der Waals surface area contributed by atoms with Gasteiger partial charge in [-0.25, -0.2) is 0 Å². The van der Waals surface area contributed by atoms with Crippen LogP contribution in [-0.4, -0.2) is 31.6 Å². The standard InChI is InChI=1S/C25H22N2O3/c1-27(2)19-14-12-17(13-15-19)25(16-22(28)26-18-8-4-3-5-9-18)23(29)20-10-6-7-11-21(20)24(25)30/h3-15H,16H2,1-2H3,(H,26,28). The number of para-hydroxylation sites is 1. The summed E-state index contributed by atoms with van der Waals surface area (Å²) in [4.78, 5) is 41.9. The highest BCUT2D eigenvalue weighted by atomic mass is 16.2. The number of carbonyl (C=O) groups is 3. The van der Waals surface area contributed by atoms with E-state index in [4.69, 9.17) is 0 Å². The molecule has 5 heteroatoms. The monoisotopic (exact) mass is 398 g/mol. The zero-order chi connectivity index (χ0) is 21.3. The lowest BCUT2D eigenvalue weighted by atomic mass is 9.73. The fourth-order valence-corrected chi connectivity index (χ4v) is 3.98. The first-order valence-corrected chi connectivity index (χ1v) is 9.75. The van der Waals surface area contributed by atoms with Gasteiger partial charge in [-0.05, 0) is 29.8 Å². The first kappa shape index (κ1) is 19.6. The number of carbonyl (C=O) groups excluding carboxylic acids is 3. The van der Waals surface area contributed by atoms with Gasteiger partial charge in [-0.3, -0.25) is 14.4 Å². The number of nitrogens with one attached hydrogen (secondary N) is 1. The van der Waals surface area contributed by atoms with Crippen LogP contribution in [0.5, 0.6) is 0 Å². The summed E-state index contributed by atoms with van der Waals surface area (Å²) in [5.41, 5.74) is 1.27. The van der Waals surface area contributed by atoms with Crippen molar-refractivity contribution in [3.63, 3.8) is 0 Å². The van der Waals surface area contributed by atoms with Crippen molar-refractivity contribution in [2.45, 2.75) is 11.8 Å². The number of nitrogens with zero attached hydrogens (tertiary/aromatic N) is 1. The largest absolute Gasteiger partial charge is 0.378 e. The summed E-state index contributed by atoms with van der Waals surface area (Å²) < 4.78 is 0. The number of benzene rings is 3. The lowest BCUT2D eigenvalue weighted by Crippen LogP contribution is -2.42. The first-order valence-electron chi connectivity index (χ1n) is 9.75. The van der Waals surface area contributed by atoms with Gasteiger partial charge in [-0.2, -0.15) is 0 Å². The van der Waals surface area contributed by atoms with E-state index in [2.05, 4.69) is 5.32 Å². The van der Waals surface area contributed by atoms with Gasteiger partial charge in [0.2, 0.25) is 5.91 Å². The third-order valence-electron chi connectivity index (χ3n) is 5.55. The SMILES string of the molecule is CN(C)c1ccc(C2(CC(=O)Nc3ccccc3)C(=O)c3ccccc3C2=O)cc1. The fraction of sp³-hybridized carbons (Fsp3) is 0.160. The molecule has 0 aliphatic heterocycles. The molecule has 0 fully saturated rings. The Morgan fingerprint density at radius 3 is 1.87 bits per heavy atom. The molecule has 3 aromatic carbocycles. The number of hydrogen-bond acceptors (Lipinski definition) is 4. The van der Waals surface area contributed by atoms with E-state index in [-0.39, 0.29) is 23.9 Å². The van der Waals surface area contributed by atoms with Crippen molar-refractivity contribution in [1.82, 2.24) is 0 Å². The number of Topliss-reactive ketones (excluding diaryl/α,β-unsaturated/α-hetero) is 2. The Morgan fingerprint density at radius 1 is 0.800 bits per heavy atom. The van der Waals surface area contributed by atoms with Crippen LogP contribution in [0.15, 0.2) is 78.9 Å². The summed E-state index contributed by atoms with van der Waals surface area (Å²) in [6, 6.07) is 23.0. The van der Waals surface area contributed by atoms with Crippen LogP contribution in [0.3, 0.4) is 0 Å². The van der Waals surface area contributed by atoms with Crippen molar-refractivity contribution in [2.75, 3.05) is 24.3 Å². The molecule has 0 radical (unpaired) electrons. The summed E-state index contributed by atoms with van der Waals surface area (Å²) in [5, 5.41) is 2.81. The van der Waals surface area contributed by atoms with Gasteiger partial charge >= 0.3 is 0 Å². The van der Waals surface area contributed by atoms with Gasteiger partial charge in [0.05, 0.1) is 6.42 Å². The van der Waals surface area contributed by atoms with Crippen molar-refractivity contribution in [2.24, 2.45) is 0 Å². The third kappa shape index (κ3) is 3.18. The van der Waals surface area contributed by atoms with E-state index in [0.717, 1.165) is 5.69 Å². The number of amides is 1. The van der Waals surface area contributed by atoms with E-state index < -0.39 is 5.41 Å². The molecule has 1 N–H and O–H groups in total. The Balaban J connectivity index is 1.77. The third-order valence-corrected chi connectivity index (χ3v) is 5.55. The minimum absolute atomic E-state index is 0.254. The molecule has 5 nitrogen and oxygen atoms in total. The van der Waals surface area contributed by atoms with Crippen molar-refractivity contribution < 1.29 is 14.4 Å². The molecule has 0 aromatic heterocycles. The molecule has 0 unspecified atom stereocenters. The molecule has 0 saturated heterocycles. The molecule has 0 heterocycles. The van der Waals surface area contributed by atoms with Crippen molar-refractivity contribution in [3.05, 3.63) is 95.6 Å². The zero-order valence-electron chi connectivity index (χ0n) is 16.9. The summed E-state index contributed by atoms with van der Waals surface area (Å²) in [6.07, 6.45) is -0.254. The predicted molar refractivity (Wildman–Crippen MR) is 117 cm³/mol. The van der Waals surface area contributed by atoms with E-state index in [1.54, 1.807) is 48.5 Å². The van der Waals surface area contributed by atoms with Gasteiger partial charge in [0.1, 0.15) is 5.41 Å². The quantitative estimate of drug-likeness (QED) is 0.657. The topological polar surface area (TPSA) is 66.5 Å². The van der Waals surface area contributed by atoms with Crippen molar-refractivity contribution in [3.8, 4) is 0 Å². The zero-order valence-corrected chi connectivity index (χ0v) is 16.9. The maximum Gasteiger partial charge on any atom is 0.226 e. The smallest absolute Gasteiger partial charge is 0.226 e. The van der Waals surface area contributed by atoms with E-state index in [0.29, 0.717) is 22.4 Å². The van der Waals surface area contributed by atoms with Crippen LogP contribution in [-0.2, 0) is 10.2 Å². The fourth-order valence-electron chi connectivity index (χ4n) is 3.98. The minimum Gasteiger partial charge on any atom is -0.378 e. The predicted octanol–water partition coefficient (Wildman–Crippen LogP) is 4.10. The van der Waals surface area contributed by atoms with Crippen LogP contribution < -0.4 is 10.2 Å². The van der Waals surface area contributed by atoms with Crippen LogP contribution in [0.1, 0.15) is 32.7 Å². The minimum atomic E-state index is -1.56. The second-order valence-electron chi connectivity index (χ2n) is 7.64. The highest BCUT2D eigenvalue weighted by molar-refractivity contribution is 6.34. The van der Waals surface area contributed by atoms with Gasteiger partial charge in [-0.1, -0.05) is 54.6 Å². The molecule has 0 spiro atoms. The Hall–Kier alpha value is -3.73. The molecule has 0 atom stereocenters. The highest BCUT2D eigenvalue weighted by Crippen LogP contribution is 2.43. The summed E-state index contributed by atoms with van der Waals surface area (Å²) >= 11 is 0. The van der Waals surface area contributed by atoms with Gasteiger partial charge < -0.3 is 10.2 Å². The first-order chi connectivity index (χ1) is 14.4. The molecule has 1 aliphatic rings. The molecule has 1 amide bonds. The molecule has 3 aromatic rings. The number of anilines is 2. The second kappa shape index (κ2) is 7.59. The van der Waals surface area contributed by atoms with Gasteiger partial charge in [0.25, 0.3) is 0 Å². The Labute approximate surface area is 175 Å². The van der Waals surface area contributed by atoms with Crippen molar-refractivity contribution >= 4 is 28.8 Å². The Bertz CT molecular complexity index is 1080. The number of hydrogen-bond donors (Lipinski definition) is 1. The molecule has 0 bridgehead atoms. The summed E-state index contributed by atoms with van der Waals surface area (Å²) in [7, 11) is 3.83. The lowest BCUT2D eigenvalue weighted by Gasteiger charge is -2.26. The molecule has 30 heavy (non-hydrogen) atoms. The summed E-state index contributed by atoms with van der Waals surface area (Å²) in [5.74, 6) is -1.04. The van der Waals surface area contributed by atoms with E-state index in [9.17, 15) is 14.4 Å². The highest BCUT2D eigenvalue weighted by Gasteiger charge is 2.55. The lowest BCUT2D eigenvalue weighted by molar-refractivity contribution is -0.116. The Kier molecular flexibility index (Phi) is 4.96. The molecule has 4 rings (SSSR count).